The van der Waals surface area contributed by atoms with Crippen LogP contribution in [0, 0.1) is 0 Å². The topological polar surface area (TPSA) is 96.0 Å². The molecule has 3 rings (SSSR count). The van der Waals surface area contributed by atoms with E-state index in [0.29, 0.717) is 18.4 Å². The van der Waals surface area contributed by atoms with Crippen LogP contribution < -0.4 is 16.2 Å². The highest BCUT2D eigenvalue weighted by Gasteiger charge is 2.46. The van der Waals surface area contributed by atoms with Gasteiger partial charge in [-0.25, -0.2) is 9.97 Å². The van der Waals surface area contributed by atoms with Gasteiger partial charge in [-0.15, -0.1) is 0 Å². The second kappa shape index (κ2) is 7.60. The standard InChI is InChI=1S/C17H14F5N5O2/c18-12(19)14(29)27-26-13(28)9-7-23-15(24-8-9)25-16(4-5-16)10-2-1-3-11(6-10)17(20,21)22/h1-3,6-8,12H,4-5H2,(H,26,28)(H,27,29)(H,23,24,25). The monoisotopic (exact) mass is 415 g/mol. The minimum atomic E-state index is -4.46. The highest BCUT2D eigenvalue weighted by molar-refractivity contribution is 5.95. The average Bonchev–Trinajstić information content (AvgIpc) is 3.46. The first-order valence-electron chi connectivity index (χ1n) is 8.27. The predicted octanol–water partition coefficient (Wildman–Crippen LogP) is 2.62. The molecule has 1 aromatic carbocycles. The number of amides is 2. The van der Waals surface area contributed by atoms with Crippen molar-refractivity contribution in [2.45, 2.75) is 31.0 Å². The third kappa shape index (κ3) is 4.76. The summed E-state index contributed by atoms with van der Waals surface area (Å²) in [5.74, 6) is -2.51. The van der Waals surface area contributed by atoms with Gasteiger partial charge in [0.15, 0.2) is 0 Å². The van der Waals surface area contributed by atoms with E-state index in [1.165, 1.54) is 11.5 Å². The fraction of sp³-hybridized carbons (Fsp3) is 0.294. The van der Waals surface area contributed by atoms with Gasteiger partial charge in [0.25, 0.3) is 5.91 Å². The van der Waals surface area contributed by atoms with Crippen molar-refractivity contribution in [1.82, 2.24) is 20.8 Å². The molecule has 0 bridgehead atoms. The van der Waals surface area contributed by atoms with E-state index in [-0.39, 0.29) is 11.5 Å². The molecule has 1 aromatic heterocycles. The number of hydrogen-bond acceptors (Lipinski definition) is 5. The summed E-state index contributed by atoms with van der Waals surface area (Å²) in [6, 6.07) is 4.94. The quantitative estimate of drug-likeness (QED) is 0.516. The number of benzene rings is 1. The van der Waals surface area contributed by atoms with Crippen LogP contribution in [-0.2, 0) is 16.5 Å². The van der Waals surface area contributed by atoms with Crippen LogP contribution in [0.4, 0.5) is 27.9 Å². The Labute approximate surface area is 160 Å². The van der Waals surface area contributed by atoms with Gasteiger partial charge in [0.1, 0.15) is 0 Å². The summed E-state index contributed by atoms with van der Waals surface area (Å²) in [7, 11) is 0. The molecular formula is C17H14F5N5O2. The van der Waals surface area contributed by atoms with Crippen molar-refractivity contribution in [2.24, 2.45) is 0 Å². The lowest BCUT2D eigenvalue weighted by Gasteiger charge is -2.19. The third-order valence-corrected chi connectivity index (χ3v) is 4.26. The number of carbonyl (C=O) groups excluding carboxylic acids is 2. The molecule has 0 unspecified atom stereocenters. The lowest BCUT2D eigenvalue weighted by Crippen LogP contribution is -2.44. The molecule has 12 heteroatoms. The minimum absolute atomic E-state index is 0.0769. The maximum Gasteiger partial charge on any atom is 0.416 e. The normalized spacial score (nSPS) is 15.0. The number of hydrogen-bond donors (Lipinski definition) is 3. The van der Waals surface area contributed by atoms with Gasteiger partial charge >= 0.3 is 18.5 Å². The lowest BCUT2D eigenvalue weighted by molar-refractivity contribution is -0.137. The molecule has 0 radical (unpaired) electrons. The zero-order chi connectivity index (χ0) is 21.2. The minimum Gasteiger partial charge on any atom is -0.345 e. The Morgan fingerprint density at radius 1 is 1.07 bits per heavy atom. The summed E-state index contributed by atoms with van der Waals surface area (Å²) in [6.45, 7) is 0. The van der Waals surface area contributed by atoms with Gasteiger partial charge in [-0.2, -0.15) is 22.0 Å². The zero-order valence-electron chi connectivity index (χ0n) is 14.6. The van der Waals surface area contributed by atoms with E-state index in [2.05, 4.69) is 15.3 Å². The summed E-state index contributed by atoms with van der Waals surface area (Å²) in [5.41, 5.74) is 2.13. The Bertz CT molecular complexity index is 913. The van der Waals surface area contributed by atoms with E-state index >= 15 is 0 Å². The second-order valence-corrected chi connectivity index (χ2v) is 6.33. The molecule has 7 nitrogen and oxygen atoms in total. The summed E-state index contributed by atoms with van der Waals surface area (Å²) in [6.07, 6.45) is -4.44. The molecule has 29 heavy (non-hydrogen) atoms. The van der Waals surface area contributed by atoms with Gasteiger partial charge in [0, 0.05) is 12.4 Å². The van der Waals surface area contributed by atoms with Gasteiger partial charge in [0.05, 0.1) is 16.7 Å². The molecule has 0 spiro atoms. The number of alkyl halides is 5. The number of rotatable bonds is 5. The van der Waals surface area contributed by atoms with Crippen LogP contribution in [0.5, 0.6) is 0 Å². The number of carbonyl (C=O) groups is 2. The van der Waals surface area contributed by atoms with Gasteiger partial charge in [0.2, 0.25) is 5.95 Å². The molecule has 154 valence electrons. The number of hydrazine groups is 1. The van der Waals surface area contributed by atoms with Crippen molar-refractivity contribution in [3.8, 4) is 0 Å². The summed E-state index contributed by atoms with van der Waals surface area (Å²) < 4.78 is 62.9. The van der Waals surface area contributed by atoms with Crippen molar-refractivity contribution in [2.75, 3.05) is 5.32 Å². The molecule has 3 N–H and O–H groups in total. The maximum absolute atomic E-state index is 12.9. The van der Waals surface area contributed by atoms with E-state index in [0.717, 1.165) is 24.5 Å². The highest BCUT2D eigenvalue weighted by Crippen LogP contribution is 2.48. The molecule has 2 aromatic rings. The van der Waals surface area contributed by atoms with Crippen LogP contribution in [0.1, 0.15) is 34.3 Å². The van der Waals surface area contributed by atoms with E-state index < -0.39 is 35.5 Å². The Morgan fingerprint density at radius 3 is 2.28 bits per heavy atom. The van der Waals surface area contributed by atoms with E-state index in [1.54, 1.807) is 11.5 Å². The molecule has 0 aliphatic heterocycles. The molecule has 1 aliphatic rings. The largest absolute Gasteiger partial charge is 0.416 e. The predicted molar refractivity (Wildman–Crippen MR) is 89.6 cm³/mol. The van der Waals surface area contributed by atoms with Crippen LogP contribution in [0.15, 0.2) is 36.7 Å². The van der Waals surface area contributed by atoms with Crippen molar-refractivity contribution >= 4 is 17.8 Å². The van der Waals surface area contributed by atoms with Crippen molar-refractivity contribution in [3.63, 3.8) is 0 Å². The van der Waals surface area contributed by atoms with Crippen molar-refractivity contribution in [3.05, 3.63) is 53.3 Å². The third-order valence-electron chi connectivity index (χ3n) is 4.26. The number of aromatic nitrogens is 2. The number of halogens is 5. The van der Waals surface area contributed by atoms with E-state index in [9.17, 15) is 31.5 Å². The Kier molecular flexibility index (Phi) is 5.36. The Balaban J connectivity index is 1.67. The Hall–Kier alpha value is -3.31. The fourth-order valence-corrected chi connectivity index (χ4v) is 2.57. The molecule has 0 atom stereocenters. The molecule has 0 saturated heterocycles. The summed E-state index contributed by atoms with van der Waals surface area (Å²) in [4.78, 5) is 30.3. The lowest BCUT2D eigenvalue weighted by atomic mass is 10.0. The van der Waals surface area contributed by atoms with Crippen molar-refractivity contribution in [1.29, 1.82) is 0 Å². The summed E-state index contributed by atoms with van der Waals surface area (Å²) >= 11 is 0. The molecule has 1 saturated carbocycles. The first-order chi connectivity index (χ1) is 13.6. The Morgan fingerprint density at radius 2 is 1.72 bits per heavy atom. The van der Waals surface area contributed by atoms with Gasteiger partial charge in [-0.3, -0.25) is 20.4 Å². The fourth-order valence-electron chi connectivity index (χ4n) is 2.57. The van der Waals surface area contributed by atoms with E-state index in [1.807, 2.05) is 0 Å². The molecule has 1 aliphatic carbocycles. The van der Waals surface area contributed by atoms with Crippen LogP contribution >= 0.6 is 0 Å². The molecular weight excluding hydrogens is 401 g/mol. The number of anilines is 1. The first kappa shape index (κ1) is 20.4. The zero-order valence-corrected chi connectivity index (χ0v) is 14.6. The van der Waals surface area contributed by atoms with Crippen LogP contribution in [0.3, 0.4) is 0 Å². The van der Waals surface area contributed by atoms with Crippen LogP contribution in [-0.4, -0.2) is 28.2 Å². The maximum atomic E-state index is 12.9. The molecule has 1 fully saturated rings. The average molecular weight is 415 g/mol. The van der Waals surface area contributed by atoms with Crippen LogP contribution in [0.2, 0.25) is 0 Å². The smallest absolute Gasteiger partial charge is 0.345 e. The first-order valence-corrected chi connectivity index (χ1v) is 8.27. The van der Waals surface area contributed by atoms with Crippen molar-refractivity contribution < 1.29 is 31.5 Å². The summed E-state index contributed by atoms with van der Waals surface area (Å²) in [5, 5.41) is 2.97. The van der Waals surface area contributed by atoms with Gasteiger partial charge in [-0.1, -0.05) is 12.1 Å². The molecule has 1 heterocycles. The molecule has 2 amide bonds. The number of nitrogens with one attached hydrogen (secondary N) is 3. The highest BCUT2D eigenvalue weighted by atomic mass is 19.4. The number of nitrogens with zero attached hydrogens (tertiary/aromatic N) is 2. The SMILES string of the molecule is O=C(NNC(=O)C(F)F)c1cnc(NC2(c3cccc(C(F)(F)F)c3)CC2)nc1. The van der Waals surface area contributed by atoms with E-state index in [4.69, 9.17) is 0 Å². The van der Waals surface area contributed by atoms with Gasteiger partial charge < -0.3 is 5.32 Å². The second-order valence-electron chi connectivity index (χ2n) is 6.33. The van der Waals surface area contributed by atoms with Gasteiger partial charge in [-0.05, 0) is 30.5 Å². The van der Waals surface area contributed by atoms with Crippen LogP contribution in [0.25, 0.3) is 0 Å².